The average Bonchev–Trinajstić information content (AvgIpc) is 2.87. The molecule has 0 atom stereocenters. The van der Waals surface area contributed by atoms with Crippen LogP contribution < -0.4 is 0 Å². The lowest BCUT2D eigenvalue weighted by Gasteiger charge is -1.95. The highest BCUT2D eigenvalue weighted by Crippen LogP contribution is 2.21. The second-order valence-electron chi connectivity index (χ2n) is 4.48. The molecule has 0 aliphatic rings. The van der Waals surface area contributed by atoms with Crippen LogP contribution in [0.5, 0.6) is 0 Å². The van der Waals surface area contributed by atoms with Crippen molar-refractivity contribution < 1.29 is 8.78 Å². The van der Waals surface area contributed by atoms with E-state index < -0.39 is 5.82 Å². The average molecular weight is 281 g/mol. The van der Waals surface area contributed by atoms with Crippen LogP contribution in [0.25, 0.3) is 23.1 Å². The summed E-state index contributed by atoms with van der Waals surface area (Å²) < 4.78 is 26.3. The van der Waals surface area contributed by atoms with Crippen LogP contribution in [0.2, 0.25) is 0 Å². The van der Waals surface area contributed by atoms with Crippen molar-refractivity contribution >= 4 is 23.1 Å². The highest BCUT2D eigenvalue weighted by Gasteiger charge is 2.08. The van der Waals surface area contributed by atoms with E-state index in [1.165, 1.54) is 24.3 Å². The number of nitriles is 1. The lowest BCUT2D eigenvalue weighted by atomic mass is 10.1. The number of benzene rings is 2. The van der Waals surface area contributed by atoms with Crippen LogP contribution >= 0.6 is 0 Å². The van der Waals surface area contributed by atoms with Gasteiger partial charge in [-0.15, -0.1) is 0 Å². The molecule has 0 aliphatic carbocycles. The van der Waals surface area contributed by atoms with E-state index in [1.54, 1.807) is 30.4 Å². The summed E-state index contributed by atoms with van der Waals surface area (Å²) in [6.45, 7) is 0. The van der Waals surface area contributed by atoms with E-state index in [0.29, 0.717) is 16.6 Å². The summed E-state index contributed by atoms with van der Waals surface area (Å²) in [6.07, 6.45) is 3.50. The van der Waals surface area contributed by atoms with Crippen molar-refractivity contribution in [3.8, 4) is 6.07 Å². The first-order valence-corrected chi connectivity index (χ1v) is 6.19. The van der Waals surface area contributed by atoms with Gasteiger partial charge in [0.2, 0.25) is 0 Å². The number of nitrogens with zero attached hydrogens (tertiary/aromatic N) is 2. The zero-order valence-corrected chi connectivity index (χ0v) is 10.8. The summed E-state index contributed by atoms with van der Waals surface area (Å²) >= 11 is 0. The molecule has 3 aromatic rings. The van der Waals surface area contributed by atoms with E-state index in [1.807, 2.05) is 0 Å². The van der Waals surface area contributed by atoms with Gasteiger partial charge in [0.15, 0.2) is 0 Å². The van der Waals surface area contributed by atoms with E-state index in [4.69, 9.17) is 5.26 Å². The molecule has 1 N–H and O–H groups in total. The predicted octanol–water partition coefficient (Wildman–Crippen LogP) is 3.88. The molecule has 1 heterocycles. The van der Waals surface area contributed by atoms with Crippen molar-refractivity contribution in [3.05, 3.63) is 64.9 Å². The van der Waals surface area contributed by atoms with Gasteiger partial charge in [-0.3, -0.25) is 5.10 Å². The Morgan fingerprint density at radius 2 is 1.86 bits per heavy atom. The molecule has 1 aromatic heterocycles. The van der Waals surface area contributed by atoms with Gasteiger partial charge < -0.3 is 0 Å². The molecule has 2 aromatic carbocycles. The van der Waals surface area contributed by atoms with Crippen LogP contribution in [-0.4, -0.2) is 10.2 Å². The Labute approximate surface area is 119 Å². The molecule has 0 saturated heterocycles. The lowest BCUT2D eigenvalue weighted by Crippen LogP contribution is -1.83. The second-order valence-corrected chi connectivity index (χ2v) is 4.48. The van der Waals surface area contributed by atoms with E-state index >= 15 is 0 Å². The van der Waals surface area contributed by atoms with E-state index in [2.05, 4.69) is 10.2 Å². The normalized spacial score (nSPS) is 11.1. The number of fused-ring (bicyclic) bond motifs is 1. The van der Waals surface area contributed by atoms with Gasteiger partial charge in [0, 0.05) is 11.5 Å². The molecule has 0 unspecified atom stereocenters. The van der Waals surface area contributed by atoms with Crippen molar-refractivity contribution in [1.29, 1.82) is 5.26 Å². The molecule has 0 fully saturated rings. The SMILES string of the molecule is N#Cc1cc2c(/C=C/c3ccc(F)cc3)n[nH]c2cc1F. The third-order valence-electron chi connectivity index (χ3n) is 3.10. The van der Waals surface area contributed by atoms with Crippen molar-refractivity contribution in [2.24, 2.45) is 0 Å². The van der Waals surface area contributed by atoms with Gasteiger partial charge in [0.1, 0.15) is 17.7 Å². The van der Waals surface area contributed by atoms with Crippen LogP contribution in [0.1, 0.15) is 16.8 Å². The first-order chi connectivity index (χ1) is 10.2. The monoisotopic (exact) mass is 281 g/mol. The van der Waals surface area contributed by atoms with Crippen molar-refractivity contribution in [2.45, 2.75) is 0 Å². The first kappa shape index (κ1) is 13.0. The lowest BCUT2D eigenvalue weighted by molar-refractivity contribution is 0.625. The summed E-state index contributed by atoms with van der Waals surface area (Å²) in [4.78, 5) is 0. The van der Waals surface area contributed by atoms with E-state index in [0.717, 1.165) is 5.56 Å². The molecule has 0 aliphatic heterocycles. The summed E-state index contributed by atoms with van der Waals surface area (Å²) in [6, 6.07) is 10.5. The molecule has 5 heteroatoms. The Balaban J connectivity index is 2.01. The highest BCUT2D eigenvalue weighted by atomic mass is 19.1. The Kier molecular flexibility index (Phi) is 3.20. The third-order valence-corrected chi connectivity index (χ3v) is 3.10. The molecule has 21 heavy (non-hydrogen) atoms. The highest BCUT2D eigenvalue weighted by molar-refractivity contribution is 5.90. The molecular weight excluding hydrogens is 272 g/mol. The Morgan fingerprint density at radius 1 is 1.10 bits per heavy atom. The summed E-state index contributed by atoms with van der Waals surface area (Å²) in [5, 5.41) is 16.3. The molecule has 0 bridgehead atoms. The van der Waals surface area contributed by atoms with Crippen LogP contribution in [-0.2, 0) is 0 Å². The Bertz CT molecular complexity index is 871. The van der Waals surface area contributed by atoms with Crippen LogP contribution in [0.3, 0.4) is 0 Å². The maximum absolute atomic E-state index is 13.5. The maximum atomic E-state index is 13.5. The van der Waals surface area contributed by atoms with Crippen molar-refractivity contribution in [2.75, 3.05) is 0 Å². The topological polar surface area (TPSA) is 52.5 Å². The third kappa shape index (κ3) is 2.51. The molecule has 3 rings (SSSR count). The van der Waals surface area contributed by atoms with Crippen LogP contribution in [0.15, 0.2) is 36.4 Å². The summed E-state index contributed by atoms with van der Waals surface area (Å²) in [5.74, 6) is -0.880. The smallest absolute Gasteiger partial charge is 0.143 e. The minimum Gasteiger partial charge on any atom is -0.277 e. The predicted molar refractivity (Wildman–Crippen MR) is 76.1 cm³/mol. The number of aromatic amines is 1. The number of hydrogen-bond acceptors (Lipinski definition) is 2. The van der Waals surface area contributed by atoms with Gasteiger partial charge in [-0.25, -0.2) is 8.78 Å². The number of halogens is 2. The Morgan fingerprint density at radius 3 is 2.57 bits per heavy atom. The minimum atomic E-state index is -0.581. The number of aromatic nitrogens is 2. The summed E-state index contributed by atoms with van der Waals surface area (Å²) in [7, 11) is 0. The molecule has 102 valence electrons. The fourth-order valence-electron chi connectivity index (χ4n) is 2.02. The van der Waals surface area contributed by atoms with Crippen molar-refractivity contribution in [1.82, 2.24) is 10.2 Å². The molecule has 0 amide bonds. The fraction of sp³-hybridized carbons (Fsp3) is 0. The summed E-state index contributed by atoms with van der Waals surface area (Å²) in [5.41, 5.74) is 1.89. The number of rotatable bonds is 2. The van der Waals surface area contributed by atoms with Gasteiger partial charge in [-0.2, -0.15) is 10.4 Å². The molecule has 0 radical (unpaired) electrons. The van der Waals surface area contributed by atoms with Gasteiger partial charge in [-0.1, -0.05) is 18.2 Å². The quantitative estimate of drug-likeness (QED) is 0.775. The number of H-pyrrole nitrogens is 1. The van der Waals surface area contributed by atoms with Crippen LogP contribution in [0, 0.1) is 23.0 Å². The van der Waals surface area contributed by atoms with Gasteiger partial charge in [0.05, 0.1) is 16.8 Å². The Hall–Kier alpha value is -3.00. The molecule has 0 spiro atoms. The van der Waals surface area contributed by atoms with Crippen molar-refractivity contribution in [3.63, 3.8) is 0 Å². The minimum absolute atomic E-state index is 0.0275. The van der Waals surface area contributed by atoms with Gasteiger partial charge in [-0.05, 0) is 29.8 Å². The molecule has 0 saturated carbocycles. The van der Waals surface area contributed by atoms with Crippen LogP contribution in [0.4, 0.5) is 8.78 Å². The number of hydrogen-bond donors (Lipinski definition) is 1. The number of nitrogens with one attached hydrogen (secondary N) is 1. The fourth-order valence-corrected chi connectivity index (χ4v) is 2.02. The van der Waals surface area contributed by atoms with Gasteiger partial charge in [0.25, 0.3) is 0 Å². The maximum Gasteiger partial charge on any atom is 0.143 e. The molecular formula is C16H9F2N3. The zero-order chi connectivity index (χ0) is 14.8. The first-order valence-electron chi connectivity index (χ1n) is 6.19. The second kappa shape index (κ2) is 5.17. The van der Waals surface area contributed by atoms with E-state index in [-0.39, 0.29) is 11.4 Å². The van der Waals surface area contributed by atoms with Gasteiger partial charge >= 0.3 is 0 Å². The van der Waals surface area contributed by atoms with E-state index in [9.17, 15) is 8.78 Å². The molecule has 3 nitrogen and oxygen atoms in total. The standard InChI is InChI=1S/C16H9F2N3/c17-12-4-1-10(2-5-12)3-6-15-13-7-11(9-19)14(18)8-16(13)21-20-15/h1-8H,(H,20,21)/b6-3+. The zero-order valence-electron chi connectivity index (χ0n) is 10.8. The largest absolute Gasteiger partial charge is 0.277 e.